The van der Waals surface area contributed by atoms with E-state index in [9.17, 15) is 0 Å². The largest absolute Gasteiger partial charge is 0.383 e. The summed E-state index contributed by atoms with van der Waals surface area (Å²) in [4.78, 5) is 0. The van der Waals surface area contributed by atoms with Crippen molar-refractivity contribution in [1.29, 1.82) is 5.26 Å². The Hall–Kier alpha value is -0.850. The standard InChI is InChI=1S/C10H11ClN2S/c1-14-5-4-13-10-3-2-8(7-12)6-9(10)11/h2-3,6,13H,4-5H2,1H3. The molecule has 0 aliphatic heterocycles. The summed E-state index contributed by atoms with van der Waals surface area (Å²) in [6.07, 6.45) is 2.06. The van der Waals surface area contributed by atoms with Gasteiger partial charge in [-0.25, -0.2) is 0 Å². The Balaban J connectivity index is 2.65. The second-order valence-electron chi connectivity index (χ2n) is 2.73. The molecule has 0 radical (unpaired) electrons. The van der Waals surface area contributed by atoms with Crippen molar-refractivity contribution in [3.63, 3.8) is 0 Å². The SMILES string of the molecule is CSCCNc1ccc(C#N)cc1Cl. The lowest BCUT2D eigenvalue weighted by Crippen LogP contribution is -2.04. The second kappa shape index (κ2) is 5.79. The molecule has 0 unspecified atom stereocenters. The molecule has 2 nitrogen and oxygen atoms in total. The first-order valence-corrected chi connectivity index (χ1v) is 5.97. The summed E-state index contributed by atoms with van der Waals surface area (Å²) >= 11 is 7.74. The number of nitrogens with zero attached hydrogens (tertiary/aromatic N) is 1. The number of rotatable bonds is 4. The fraction of sp³-hybridized carbons (Fsp3) is 0.300. The molecule has 0 saturated carbocycles. The predicted molar refractivity (Wildman–Crippen MR) is 63.0 cm³/mol. The van der Waals surface area contributed by atoms with Crippen LogP contribution < -0.4 is 5.32 Å². The highest BCUT2D eigenvalue weighted by Gasteiger charge is 2.00. The molecule has 4 heteroatoms. The molecule has 0 fully saturated rings. The van der Waals surface area contributed by atoms with Crippen LogP contribution in [0.1, 0.15) is 5.56 Å². The molecular formula is C10H11ClN2S. The van der Waals surface area contributed by atoms with Crippen molar-refractivity contribution in [2.75, 3.05) is 23.9 Å². The molecule has 14 heavy (non-hydrogen) atoms. The van der Waals surface area contributed by atoms with Crippen molar-refractivity contribution in [3.05, 3.63) is 28.8 Å². The molecule has 0 aromatic heterocycles. The predicted octanol–water partition coefficient (Wildman–Crippen LogP) is 2.99. The Morgan fingerprint density at radius 2 is 2.36 bits per heavy atom. The van der Waals surface area contributed by atoms with Crippen molar-refractivity contribution in [1.82, 2.24) is 0 Å². The molecule has 1 aromatic carbocycles. The molecule has 0 saturated heterocycles. The molecule has 0 aliphatic carbocycles. The zero-order chi connectivity index (χ0) is 10.4. The van der Waals surface area contributed by atoms with Gasteiger partial charge in [-0.1, -0.05) is 11.6 Å². The van der Waals surface area contributed by atoms with Crippen LogP contribution in [0.3, 0.4) is 0 Å². The third-order valence-corrected chi connectivity index (χ3v) is 2.64. The Labute approximate surface area is 93.3 Å². The molecule has 0 aliphatic rings. The molecule has 1 rings (SSSR count). The second-order valence-corrected chi connectivity index (χ2v) is 4.12. The third kappa shape index (κ3) is 3.13. The number of benzene rings is 1. The quantitative estimate of drug-likeness (QED) is 0.802. The first kappa shape index (κ1) is 11.2. The van der Waals surface area contributed by atoms with Crippen LogP contribution in [0.25, 0.3) is 0 Å². The number of halogens is 1. The molecule has 1 N–H and O–H groups in total. The van der Waals surface area contributed by atoms with E-state index in [0.29, 0.717) is 10.6 Å². The maximum Gasteiger partial charge on any atom is 0.0992 e. The molecule has 0 spiro atoms. The topological polar surface area (TPSA) is 35.8 Å². The van der Waals surface area contributed by atoms with Crippen molar-refractivity contribution in [2.45, 2.75) is 0 Å². The van der Waals surface area contributed by atoms with Crippen molar-refractivity contribution in [3.8, 4) is 6.07 Å². The summed E-state index contributed by atoms with van der Waals surface area (Å²) in [6.45, 7) is 0.882. The Morgan fingerprint density at radius 3 is 2.93 bits per heavy atom. The monoisotopic (exact) mass is 226 g/mol. The maximum atomic E-state index is 8.63. The number of thioether (sulfide) groups is 1. The van der Waals surface area contributed by atoms with Crippen LogP contribution in [-0.2, 0) is 0 Å². The van der Waals surface area contributed by atoms with E-state index in [4.69, 9.17) is 16.9 Å². The Kier molecular flexibility index (Phi) is 4.64. The molecule has 74 valence electrons. The van der Waals surface area contributed by atoms with Gasteiger partial charge in [0, 0.05) is 12.3 Å². The summed E-state index contributed by atoms with van der Waals surface area (Å²) in [5.41, 5.74) is 1.48. The fourth-order valence-corrected chi connectivity index (χ4v) is 1.57. The highest BCUT2D eigenvalue weighted by atomic mass is 35.5. The van der Waals surface area contributed by atoms with Crippen molar-refractivity contribution >= 4 is 29.1 Å². The normalized spacial score (nSPS) is 9.50. The Morgan fingerprint density at radius 1 is 1.57 bits per heavy atom. The van der Waals surface area contributed by atoms with Crippen molar-refractivity contribution in [2.24, 2.45) is 0 Å². The lowest BCUT2D eigenvalue weighted by atomic mass is 10.2. The molecule has 0 amide bonds. The van der Waals surface area contributed by atoms with E-state index in [2.05, 4.69) is 11.6 Å². The summed E-state index contributed by atoms with van der Waals surface area (Å²) in [5, 5.41) is 12.4. The third-order valence-electron chi connectivity index (χ3n) is 1.72. The number of hydrogen-bond acceptors (Lipinski definition) is 3. The zero-order valence-corrected chi connectivity index (χ0v) is 9.45. The van der Waals surface area contributed by atoms with Gasteiger partial charge in [-0.3, -0.25) is 0 Å². The van der Waals surface area contributed by atoms with Gasteiger partial charge in [0.25, 0.3) is 0 Å². The van der Waals surface area contributed by atoms with Crippen LogP contribution in [0.4, 0.5) is 5.69 Å². The van der Waals surface area contributed by atoms with Gasteiger partial charge in [-0.05, 0) is 24.5 Å². The van der Waals surface area contributed by atoms with E-state index in [0.717, 1.165) is 18.0 Å². The molecular weight excluding hydrogens is 216 g/mol. The van der Waals surface area contributed by atoms with Crippen LogP contribution in [0, 0.1) is 11.3 Å². The highest BCUT2D eigenvalue weighted by molar-refractivity contribution is 7.98. The van der Waals surface area contributed by atoms with Gasteiger partial charge in [0.05, 0.1) is 22.3 Å². The first-order valence-electron chi connectivity index (χ1n) is 4.20. The van der Waals surface area contributed by atoms with Crippen LogP contribution in [0.2, 0.25) is 5.02 Å². The van der Waals surface area contributed by atoms with E-state index in [1.165, 1.54) is 0 Å². The smallest absolute Gasteiger partial charge is 0.0992 e. The number of hydrogen-bond donors (Lipinski definition) is 1. The van der Waals surface area contributed by atoms with E-state index >= 15 is 0 Å². The molecule has 0 heterocycles. The van der Waals surface area contributed by atoms with Crippen LogP contribution >= 0.6 is 23.4 Å². The lowest BCUT2D eigenvalue weighted by molar-refractivity contribution is 1.23. The summed E-state index contributed by atoms with van der Waals surface area (Å²) < 4.78 is 0. The number of nitriles is 1. The minimum atomic E-state index is 0.588. The minimum Gasteiger partial charge on any atom is -0.383 e. The first-order chi connectivity index (χ1) is 6.77. The average Bonchev–Trinajstić information content (AvgIpc) is 2.20. The summed E-state index contributed by atoms with van der Waals surface area (Å²) in [6, 6.07) is 7.31. The van der Waals surface area contributed by atoms with Gasteiger partial charge < -0.3 is 5.32 Å². The van der Waals surface area contributed by atoms with E-state index in [1.807, 2.05) is 12.1 Å². The Bertz CT molecular complexity index is 346. The van der Waals surface area contributed by atoms with Gasteiger partial charge in [-0.2, -0.15) is 17.0 Å². The van der Waals surface area contributed by atoms with Gasteiger partial charge >= 0.3 is 0 Å². The minimum absolute atomic E-state index is 0.588. The maximum absolute atomic E-state index is 8.63. The van der Waals surface area contributed by atoms with Gasteiger partial charge in [0.1, 0.15) is 0 Å². The van der Waals surface area contributed by atoms with Crippen molar-refractivity contribution < 1.29 is 0 Å². The van der Waals surface area contributed by atoms with Crippen LogP contribution in [0.5, 0.6) is 0 Å². The van der Waals surface area contributed by atoms with E-state index in [1.54, 1.807) is 23.9 Å². The molecule has 0 bridgehead atoms. The molecule has 0 atom stereocenters. The van der Waals surface area contributed by atoms with Gasteiger partial charge in [0.2, 0.25) is 0 Å². The van der Waals surface area contributed by atoms with Crippen LogP contribution in [0.15, 0.2) is 18.2 Å². The number of nitrogens with one attached hydrogen (secondary N) is 1. The summed E-state index contributed by atoms with van der Waals surface area (Å²) in [5.74, 6) is 1.04. The highest BCUT2D eigenvalue weighted by Crippen LogP contribution is 2.22. The zero-order valence-electron chi connectivity index (χ0n) is 7.88. The average molecular weight is 227 g/mol. The van der Waals surface area contributed by atoms with Gasteiger partial charge in [0.15, 0.2) is 0 Å². The lowest BCUT2D eigenvalue weighted by Gasteiger charge is -2.07. The van der Waals surface area contributed by atoms with E-state index in [-0.39, 0.29) is 0 Å². The van der Waals surface area contributed by atoms with E-state index < -0.39 is 0 Å². The van der Waals surface area contributed by atoms with Gasteiger partial charge in [-0.15, -0.1) is 0 Å². The summed E-state index contributed by atoms with van der Waals surface area (Å²) in [7, 11) is 0. The number of anilines is 1. The fourth-order valence-electron chi connectivity index (χ4n) is 1.02. The molecule has 1 aromatic rings. The van der Waals surface area contributed by atoms with Crippen LogP contribution in [-0.4, -0.2) is 18.6 Å².